The van der Waals surface area contributed by atoms with Gasteiger partial charge in [-0.25, -0.2) is 0 Å². The van der Waals surface area contributed by atoms with Gasteiger partial charge in [-0.15, -0.1) is 0 Å². The average molecular weight is 1010 g/mol. The van der Waals surface area contributed by atoms with Crippen LogP contribution in [0.1, 0.15) is 113 Å². The quantitative estimate of drug-likeness (QED) is 0.165. The highest BCUT2D eigenvalue weighted by molar-refractivity contribution is 6.13. The summed E-state index contributed by atoms with van der Waals surface area (Å²) in [5.74, 6) is 0.00382. The van der Waals surface area contributed by atoms with Crippen molar-refractivity contribution in [2.24, 2.45) is 0 Å². The number of fused-ring (bicyclic) bond motifs is 28. The van der Waals surface area contributed by atoms with Crippen LogP contribution in [0, 0.1) is 0 Å². The van der Waals surface area contributed by atoms with Crippen molar-refractivity contribution in [2.75, 3.05) is 0 Å². The van der Waals surface area contributed by atoms with E-state index in [-0.39, 0.29) is 11.6 Å². The molecule has 2 nitrogen and oxygen atoms in total. The van der Waals surface area contributed by atoms with E-state index in [9.17, 15) is 0 Å². The van der Waals surface area contributed by atoms with Gasteiger partial charge < -0.3 is 0 Å². The lowest BCUT2D eigenvalue weighted by atomic mass is 9.67. The molecule has 8 aliphatic carbocycles. The summed E-state index contributed by atoms with van der Waals surface area (Å²) in [5, 5.41) is 0. The number of allylic oxidation sites excluding steroid dienone is 8. The number of ketones is 2. The summed E-state index contributed by atoms with van der Waals surface area (Å²) in [5.41, 5.74) is 30.4. The number of carbonyl (C=O) groups excluding carboxylic acids is 2. The Hall–Kier alpha value is -9.50. The van der Waals surface area contributed by atoms with Crippen molar-refractivity contribution >= 4 is 11.6 Å². The normalized spacial score (nSPS) is 17.1. The fraction of sp³-hybridized carbons (Fsp3) is 0.0909. The van der Waals surface area contributed by atoms with Crippen LogP contribution in [0.15, 0.2) is 265 Å². The number of hydrogen-bond acceptors (Lipinski definition) is 2. The van der Waals surface area contributed by atoms with Gasteiger partial charge in [-0.3, -0.25) is 9.59 Å². The highest BCUT2D eigenvalue weighted by Gasteiger charge is 2.56. The molecule has 368 valence electrons. The average Bonchev–Trinajstić information content (AvgIpc) is 4.48. The molecule has 8 aliphatic rings. The Bertz CT molecular complexity index is 4240. The summed E-state index contributed by atoms with van der Waals surface area (Å²) in [7, 11) is 0. The molecule has 0 aromatic heterocycles. The topological polar surface area (TPSA) is 34.1 Å². The van der Waals surface area contributed by atoms with Gasteiger partial charge in [0.1, 0.15) is 0 Å². The second-order valence-electron chi connectivity index (χ2n) is 22.9. The Morgan fingerprint density at radius 2 is 0.506 bits per heavy atom. The number of benzene rings is 10. The van der Waals surface area contributed by atoms with E-state index in [4.69, 9.17) is 0 Å². The third kappa shape index (κ3) is 5.15. The van der Waals surface area contributed by atoms with E-state index >= 15 is 9.59 Å². The lowest BCUT2D eigenvalue weighted by molar-refractivity contribution is 0.103. The smallest absolute Gasteiger partial charge is 0.193 e. The van der Waals surface area contributed by atoms with Crippen LogP contribution < -0.4 is 0 Å². The maximum absolute atomic E-state index is 15.6. The minimum absolute atomic E-state index is 0.00191. The van der Waals surface area contributed by atoms with E-state index in [0.29, 0.717) is 22.3 Å². The van der Waals surface area contributed by atoms with Gasteiger partial charge in [-0.05, 0) is 184 Å². The van der Waals surface area contributed by atoms with Gasteiger partial charge in [-0.1, -0.05) is 218 Å². The van der Waals surface area contributed by atoms with E-state index in [2.05, 4.69) is 218 Å². The van der Waals surface area contributed by atoms with Crippen LogP contribution in [0.4, 0.5) is 0 Å². The van der Waals surface area contributed by atoms with Crippen molar-refractivity contribution in [3.63, 3.8) is 0 Å². The molecule has 3 spiro atoms. The van der Waals surface area contributed by atoms with Crippen molar-refractivity contribution in [1.29, 1.82) is 0 Å². The van der Waals surface area contributed by atoms with Gasteiger partial charge in [-0.2, -0.15) is 0 Å². The molecular weight excluding hydrogens is 957 g/mol. The Kier molecular flexibility index (Phi) is 8.48. The molecule has 0 atom stereocenters. The van der Waals surface area contributed by atoms with Gasteiger partial charge in [0.25, 0.3) is 0 Å². The number of carbonyl (C=O) groups is 2. The Morgan fingerprint density at radius 1 is 0.266 bits per heavy atom. The summed E-state index contributed by atoms with van der Waals surface area (Å²) in [6.07, 6.45) is 13.3. The second-order valence-corrected chi connectivity index (χ2v) is 22.9. The van der Waals surface area contributed by atoms with E-state index < -0.39 is 16.2 Å². The molecule has 0 fully saturated rings. The molecule has 0 bridgehead atoms. The minimum atomic E-state index is -0.697. The van der Waals surface area contributed by atoms with Crippen molar-refractivity contribution in [1.82, 2.24) is 0 Å². The predicted molar refractivity (Wildman–Crippen MR) is 316 cm³/mol. The van der Waals surface area contributed by atoms with Gasteiger partial charge in [0.2, 0.25) is 0 Å². The van der Waals surface area contributed by atoms with Crippen LogP contribution in [0.3, 0.4) is 0 Å². The van der Waals surface area contributed by atoms with E-state index in [1.807, 2.05) is 24.3 Å². The molecular formula is C77H48O2. The highest BCUT2D eigenvalue weighted by Crippen LogP contribution is 2.67. The molecule has 0 saturated carbocycles. The van der Waals surface area contributed by atoms with E-state index in [0.717, 1.165) is 59.1 Å². The molecule has 0 aliphatic heterocycles. The van der Waals surface area contributed by atoms with Crippen molar-refractivity contribution in [3.8, 4) is 55.6 Å². The molecule has 18 rings (SSSR count). The third-order valence-corrected chi connectivity index (χ3v) is 19.7. The summed E-state index contributed by atoms with van der Waals surface area (Å²) >= 11 is 0. The van der Waals surface area contributed by atoms with Crippen molar-refractivity contribution < 1.29 is 9.59 Å². The summed E-state index contributed by atoms with van der Waals surface area (Å²) < 4.78 is 0. The van der Waals surface area contributed by atoms with Gasteiger partial charge in [0.05, 0.1) is 16.2 Å². The fourth-order valence-electron chi connectivity index (χ4n) is 16.8. The molecule has 0 unspecified atom stereocenters. The standard InChI is InChI=1S/C77H48O2/c78-73(45-33-37-57-55-23-7-13-29-65(55)75(69(57)41-45)61-25-9-1-17-49(61)50-18-2-10-26-62(50)75)47-35-39-59-60-40-36-48(44-72(60)77(71(59)43-47)67-31-15-5-21-53(67)54-22-6-16-32-68(54)77)74(79)46-34-38-58-56-24-8-14-30-66(56)76(70(58)42-46)63-27-11-3-19-51(63)52-20-4-12-28-64(52)76/h1-4,7-20,23-44H,5-6,21-22H2. The van der Waals surface area contributed by atoms with Crippen molar-refractivity contribution in [2.45, 2.75) is 41.9 Å². The van der Waals surface area contributed by atoms with Crippen LogP contribution in [0.25, 0.3) is 55.6 Å². The third-order valence-electron chi connectivity index (χ3n) is 19.7. The molecule has 10 aromatic carbocycles. The lowest BCUT2D eigenvalue weighted by Crippen LogP contribution is -2.29. The van der Waals surface area contributed by atoms with Crippen LogP contribution in [0.2, 0.25) is 0 Å². The largest absolute Gasteiger partial charge is 0.289 e. The minimum Gasteiger partial charge on any atom is -0.289 e. The first-order valence-corrected chi connectivity index (χ1v) is 28.1. The van der Waals surface area contributed by atoms with E-state index in [1.165, 1.54) is 100 Å². The Balaban J connectivity index is 0.791. The summed E-state index contributed by atoms with van der Waals surface area (Å²) in [6, 6.07) is 78.8. The van der Waals surface area contributed by atoms with Crippen LogP contribution in [0.5, 0.6) is 0 Å². The zero-order chi connectivity index (χ0) is 51.9. The lowest BCUT2D eigenvalue weighted by Gasteiger charge is -2.34. The first-order chi connectivity index (χ1) is 39.0. The second kappa shape index (κ2) is 15.4. The first-order valence-electron chi connectivity index (χ1n) is 28.1. The maximum atomic E-state index is 15.6. The summed E-state index contributed by atoms with van der Waals surface area (Å²) in [6.45, 7) is 0. The zero-order valence-electron chi connectivity index (χ0n) is 43.2. The SMILES string of the molecule is O=C(c1ccc2c(c1)C1(C3=C(CCC=C3)C3=C1C=CCC3)c1cc(C(=O)c3ccc4c(c3)C3(c5ccccc5-c5ccccc53)c3ccccc3-4)ccc1-2)c1ccc2c(c1)C1(c3ccccc3-c3ccccc31)c1ccccc1-2. The zero-order valence-corrected chi connectivity index (χ0v) is 43.2. The summed E-state index contributed by atoms with van der Waals surface area (Å²) in [4.78, 5) is 31.3. The first kappa shape index (κ1) is 43.6. The van der Waals surface area contributed by atoms with Crippen molar-refractivity contribution in [3.05, 3.63) is 343 Å². The van der Waals surface area contributed by atoms with E-state index in [1.54, 1.807) is 0 Å². The van der Waals surface area contributed by atoms with Crippen LogP contribution >= 0.6 is 0 Å². The maximum Gasteiger partial charge on any atom is 0.193 e. The molecule has 2 heteroatoms. The van der Waals surface area contributed by atoms with Gasteiger partial charge in [0.15, 0.2) is 11.6 Å². The molecule has 79 heavy (non-hydrogen) atoms. The molecule has 0 N–H and O–H groups in total. The Labute approximate surface area is 459 Å². The molecule has 0 amide bonds. The van der Waals surface area contributed by atoms with Crippen LogP contribution in [-0.2, 0) is 16.2 Å². The monoisotopic (exact) mass is 1000 g/mol. The molecule has 0 saturated heterocycles. The molecule has 0 heterocycles. The number of rotatable bonds is 4. The Morgan fingerprint density at radius 3 is 0.785 bits per heavy atom. The predicted octanol–water partition coefficient (Wildman–Crippen LogP) is 17.4. The molecule has 0 radical (unpaired) electrons. The highest BCUT2D eigenvalue weighted by atomic mass is 16.1. The van der Waals surface area contributed by atoms with Crippen LogP contribution in [-0.4, -0.2) is 11.6 Å². The van der Waals surface area contributed by atoms with Gasteiger partial charge >= 0.3 is 0 Å². The number of hydrogen-bond donors (Lipinski definition) is 0. The fourth-order valence-corrected chi connectivity index (χ4v) is 16.8. The molecule has 10 aromatic rings. The van der Waals surface area contributed by atoms with Gasteiger partial charge in [0, 0.05) is 22.3 Å².